The molecule has 3 rings (SSSR count). The smallest absolute Gasteiger partial charge is 0.204 e. The molecule has 0 aliphatic heterocycles. The minimum Gasteiger partial charge on any atom is -0.292 e. The molecule has 0 radical (unpaired) electrons. The summed E-state index contributed by atoms with van der Waals surface area (Å²) in [6.45, 7) is 5.79. The predicted octanol–water partition coefficient (Wildman–Crippen LogP) is 4.19. The van der Waals surface area contributed by atoms with Gasteiger partial charge in [0.25, 0.3) is 0 Å². The summed E-state index contributed by atoms with van der Waals surface area (Å²) in [4.78, 5) is 13.6. The van der Waals surface area contributed by atoms with Gasteiger partial charge in [-0.15, -0.1) is 10.2 Å². The van der Waals surface area contributed by atoms with Crippen molar-refractivity contribution in [2.75, 3.05) is 0 Å². The highest BCUT2D eigenvalue weighted by Crippen LogP contribution is 2.21. The normalized spacial score (nSPS) is 12.4. The van der Waals surface area contributed by atoms with Crippen LogP contribution in [0.1, 0.15) is 48.7 Å². The van der Waals surface area contributed by atoms with Gasteiger partial charge >= 0.3 is 0 Å². The molecule has 26 heavy (non-hydrogen) atoms. The van der Waals surface area contributed by atoms with E-state index >= 15 is 0 Å². The first-order chi connectivity index (χ1) is 12.4. The van der Waals surface area contributed by atoms with E-state index in [1.54, 1.807) is 6.92 Å². The van der Waals surface area contributed by atoms with Gasteiger partial charge in [0.1, 0.15) is 6.04 Å². The van der Waals surface area contributed by atoms with Gasteiger partial charge in [-0.25, -0.2) is 8.78 Å². The molecule has 0 saturated heterocycles. The van der Waals surface area contributed by atoms with Gasteiger partial charge < -0.3 is 0 Å². The fraction of sp³-hybridized carbons (Fsp3) is 0.263. The summed E-state index contributed by atoms with van der Waals surface area (Å²) in [6, 6.07) is 10.0. The Hall–Kier alpha value is -2.96. The van der Waals surface area contributed by atoms with Crippen LogP contribution in [0, 0.1) is 11.6 Å². The van der Waals surface area contributed by atoms with Gasteiger partial charge in [0.05, 0.1) is 0 Å². The van der Waals surface area contributed by atoms with Gasteiger partial charge in [0, 0.05) is 11.1 Å². The van der Waals surface area contributed by atoms with E-state index in [2.05, 4.69) is 29.3 Å². The lowest BCUT2D eigenvalue weighted by molar-refractivity contribution is 0.0917. The van der Waals surface area contributed by atoms with E-state index in [1.165, 1.54) is 16.4 Å². The fourth-order valence-corrected chi connectivity index (χ4v) is 2.52. The van der Waals surface area contributed by atoms with Crippen molar-refractivity contribution in [1.29, 1.82) is 0 Å². The SMILES string of the molecule is CC(C)c1ccc(-c2nnn([C@@H](C)C(=O)c3ccc(F)c(F)c3)n2)cc1. The number of rotatable bonds is 5. The Balaban J connectivity index is 1.82. The zero-order chi connectivity index (χ0) is 18.8. The van der Waals surface area contributed by atoms with Crippen LogP contribution in [0.2, 0.25) is 0 Å². The maximum absolute atomic E-state index is 13.3. The topological polar surface area (TPSA) is 60.7 Å². The van der Waals surface area contributed by atoms with Gasteiger partial charge in [-0.05, 0) is 41.8 Å². The van der Waals surface area contributed by atoms with Crippen LogP contribution >= 0.6 is 0 Å². The van der Waals surface area contributed by atoms with Crippen LogP contribution in [0.25, 0.3) is 11.4 Å². The average Bonchev–Trinajstić information content (AvgIpc) is 3.13. The molecule has 0 saturated carbocycles. The molecule has 0 unspecified atom stereocenters. The van der Waals surface area contributed by atoms with Gasteiger partial charge in [-0.1, -0.05) is 38.1 Å². The fourth-order valence-electron chi connectivity index (χ4n) is 2.52. The third-order valence-corrected chi connectivity index (χ3v) is 4.19. The summed E-state index contributed by atoms with van der Waals surface area (Å²) in [7, 11) is 0. The van der Waals surface area contributed by atoms with Crippen LogP contribution in [0.5, 0.6) is 0 Å². The highest BCUT2D eigenvalue weighted by Gasteiger charge is 2.21. The highest BCUT2D eigenvalue weighted by molar-refractivity contribution is 5.98. The Morgan fingerprint density at radius 2 is 1.69 bits per heavy atom. The Morgan fingerprint density at radius 3 is 2.31 bits per heavy atom. The molecule has 0 aliphatic carbocycles. The summed E-state index contributed by atoms with van der Waals surface area (Å²) in [5.41, 5.74) is 2.03. The molecule has 0 aliphatic rings. The molecule has 134 valence electrons. The number of nitrogens with zero attached hydrogens (tertiary/aromatic N) is 4. The molecule has 5 nitrogen and oxygen atoms in total. The number of hydrogen-bond donors (Lipinski definition) is 0. The van der Waals surface area contributed by atoms with E-state index in [9.17, 15) is 13.6 Å². The van der Waals surface area contributed by atoms with E-state index < -0.39 is 23.5 Å². The maximum Gasteiger partial charge on any atom is 0.204 e. The number of carbonyl (C=O) groups excluding carboxylic acids is 1. The Labute approximate surface area is 149 Å². The maximum atomic E-state index is 13.3. The van der Waals surface area contributed by atoms with E-state index in [1.807, 2.05) is 24.3 Å². The molecule has 0 bridgehead atoms. The number of carbonyl (C=O) groups is 1. The quantitative estimate of drug-likeness (QED) is 0.643. The Morgan fingerprint density at radius 1 is 1.00 bits per heavy atom. The number of hydrogen-bond acceptors (Lipinski definition) is 4. The number of halogens is 2. The monoisotopic (exact) mass is 356 g/mol. The molecular formula is C19H18F2N4O. The second-order valence-corrected chi connectivity index (χ2v) is 6.38. The number of aromatic nitrogens is 4. The van der Waals surface area contributed by atoms with Crippen LogP contribution in [0.3, 0.4) is 0 Å². The predicted molar refractivity (Wildman–Crippen MR) is 92.7 cm³/mol. The molecule has 1 atom stereocenters. The number of benzene rings is 2. The van der Waals surface area contributed by atoms with Gasteiger partial charge in [0.2, 0.25) is 5.82 Å². The standard InChI is InChI=1S/C19H18F2N4O/c1-11(2)13-4-6-14(7-5-13)19-22-24-25(23-19)12(3)18(26)15-8-9-16(20)17(21)10-15/h4-12H,1-3H3/t12-/m0/s1. The van der Waals surface area contributed by atoms with Crippen molar-refractivity contribution in [3.63, 3.8) is 0 Å². The zero-order valence-electron chi connectivity index (χ0n) is 14.6. The zero-order valence-corrected chi connectivity index (χ0v) is 14.6. The number of tetrazole rings is 1. The lowest BCUT2D eigenvalue weighted by Gasteiger charge is -2.09. The van der Waals surface area contributed by atoms with Crippen LogP contribution < -0.4 is 0 Å². The van der Waals surface area contributed by atoms with E-state index in [-0.39, 0.29) is 5.56 Å². The molecule has 0 fully saturated rings. The molecule has 0 spiro atoms. The van der Waals surface area contributed by atoms with Crippen molar-refractivity contribution in [3.05, 3.63) is 65.2 Å². The van der Waals surface area contributed by atoms with Crippen molar-refractivity contribution >= 4 is 5.78 Å². The van der Waals surface area contributed by atoms with Crippen LogP contribution in [-0.2, 0) is 0 Å². The lowest BCUT2D eigenvalue weighted by atomic mass is 10.0. The van der Waals surface area contributed by atoms with Crippen LogP contribution in [0.4, 0.5) is 8.78 Å². The summed E-state index contributed by atoms with van der Waals surface area (Å²) in [6.07, 6.45) is 0. The second-order valence-electron chi connectivity index (χ2n) is 6.38. The van der Waals surface area contributed by atoms with Crippen molar-refractivity contribution in [2.24, 2.45) is 0 Å². The summed E-state index contributed by atoms with van der Waals surface area (Å²) in [5.74, 6) is -1.68. The lowest BCUT2D eigenvalue weighted by Crippen LogP contribution is -2.19. The first kappa shape index (κ1) is 17.8. The van der Waals surface area contributed by atoms with Crippen molar-refractivity contribution in [2.45, 2.75) is 32.7 Å². The van der Waals surface area contributed by atoms with Gasteiger partial charge in [0.15, 0.2) is 17.4 Å². The minimum absolute atomic E-state index is 0.0523. The summed E-state index contributed by atoms with van der Waals surface area (Å²) >= 11 is 0. The van der Waals surface area contributed by atoms with Crippen LogP contribution in [-0.4, -0.2) is 26.0 Å². The molecule has 1 heterocycles. The first-order valence-electron chi connectivity index (χ1n) is 8.26. The summed E-state index contributed by atoms with van der Waals surface area (Å²) in [5, 5.41) is 12.2. The number of ketones is 1. The van der Waals surface area contributed by atoms with E-state index in [4.69, 9.17) is 0 Å². The summed E-state index contributed by atoms with van der Waals surface area (Å²) < 4.78 is 26.4. The first-order valence-corrected chi connectivity index (χ1v) is 8.26. The van der Waals surface area contributed by atoms with Crippen molar-refractivity contribution in [3.8, 4) is 11.4 Å². The third-order valence-electron chi connectivity index (χ3n) is 4.19. The third kappa shape index (κ3) is 3.51. The molecule has 0 amide bonds. The van der Waals surface area contributed by atoms with Crippen LogP contribution in [0.15, 0.2) is 42.5 Å². The van der Waals surface area contributed by atoms with Crippen molar-refractivity contribution in [1.82, 2.24) is 20.2 Å². The van der Waals surface area contributed by atoms with E-state index in [0.717, 1.165) is 17.7 Å². The molecule has 3 aromatic rings. The molecule has 0 N–H and O–H groups in total. The largest absolute Gasteiger partial charge is 0.292 e. The van der Waals surface area contributed by atoms with Crippen molar-refractivity contribution < 1.29 is 13.6 Å². The second kappa shape index (κ2) is 7.11. The molecular weight excluding hydrogens is 338 g/mol. The Kier molecular flexibility index (Phi) is 4.88. The molecule has 7 heteroatoms. The highest BCUT2D eigenvalue weighted by atomic mass is 19.2. The van der Waals surface area contributed by atoms with Gasteiger partial charge in [-0.2, -0.15) is 4.80 Å². The molecule has 1 aromatic heterocycles. The Bertz CT molecular complexity index is 935. The van der Waals surface area contributed by atoms with E-state index in [0.29, 0.717) is 11.7 Å². The number of Topliss-reactive ketones (excluding diaryl/α,β-unsaturated/α-hetero) is 1. The molecule has 2 aromatic carbocycles. The van der Waals surface area contributed by atoms with Gasteiger partial charge in [-0.3, -0.25) is 4.79 Å². The average molecular weight is 356 g/mol. The minimum atomic E-state index is -1.07.